The molecule has 0 radical (unpaired) electrons. The SMILES string of the molecule is N.N.N.N.N.N.O=C(O)CC(CC(=O)O)(OC(=O)C(O)C(O)C(=O)OC(CC(=O)O)(CC(=O)O)C(=O)O)C(=O)O. The Morgan fingerprint density at radius 1 is 0.450 bits per heavy atom. The van der Waals surface area contributed by atoms with E-state index in [1.165, 1.54) is 0 Å². The molecular weight excluding hydrogens is 564 g/mol. The molecule has 0 rings (SSSR count). The standard InChI is InChI=1S/C16H18O18.6H3N/c17-5(18)1-15(13(29)30,2-6(19)20)33-11(27)9(25)10(26)12(28)34-16(14(31)32,3-7(21)22)4-8(23)24;;;;;;/h9-10,25-26H,1-4H2,(H,17,18)(H,19,20)(H,21,22)(H,23,24)(H,29,30)(H,31,32);6*1H3. The fourth-order valence-corrected chi connectivity index (χ4v) is 2.40. The van der Waals surface area contributed by atoms with Gasteiger partial charge in [-0.1, -0.05) is 0 Å². The van der Waals surface area contributed by atoms with E-state index in [-0.39, 0.29) is 36.9 Å². The predicted molar refractivity (Wildman–Crippen MR) is 124 cm³/mol. The van der Waals surface area contributed by atoms with Crippen molar-refractivity contribution in [1.29, 1.82) is 0 Å². The minimum atomic E-state index is -3.32. The van der Waals surface area contributed by atoms with Gasteiger partial charge in [0.25, 0.3) is 0 Å². The maximum Gasteiger partial charge on any atom is 0.349 e. The maximum atomic E-state index is 12.0. The van der Waals surface area contributed by atoms with E-state index in [1.54, 1.807) is 0 Å². The van der Waals surface area contributed by atoms with Crippen LogP contribution in [0.3, 0.4) is 0 Å². The number of rotatable bonds is 15. The maximum absolute atomic E-state index is 12.0. The second kappa shape index (κ2) is 20.4. The first-order chi connectivity index (χ1) is 15.4. The zero-order valence-electron chi connectivity index (χ0n) is 20.9. The Balaban J connectivity index is -0.000000363. The number of carbonyl (C=O) groups is 8. The van der Waals surface area contributed by atoms with Crippen LogP contribution in [-0.4, -0.2) is 112 Å². The van der Waals surface area contributed by atoms with E-state index < -0.39 is 96.8 Å². The van der Waals surface area contributed by atoms with Gasteiger partial charge in [0.05, 0.1) is 25.7 Å². The molecule has 0 aliphatic rings. The third-order valence-corrected chi connectivity index (χ3v) is 3.90. The van der Waals surface area contributed by atoms with Crippen molar-refractivity contribution in [1.82, 2.24) is 36.9 Å². The molecule has 0 saturated carbocycles. The smallest absolute Gasteiger partial charge is 0.349 e. The number of aliphatic hydroxyl groups is 2. The summed E-state index contributed by atoms with van der Waals surface area (Å²) in [4.78, 5) is 90.5. The second-order valence-electron chi connectivity index (χ2n) is 6.61. The van der Waals surface area contributed by atoms with Gasteiger partial charge in [-0.05, 0) is 0 Å². The minimum absolute atomic E-state index is 0. The van der Waals surface area contributed by atoms with Gasteiger partial charge in [-0.3, -0.25) is 19.2 Å². The van der Waals surface area contributed by atoms with Crippen molar-refractivity contribution in [2.45, 2.75) is 49.1 Å². The van der Waals surface area contributed by atoms with Gasteiger partial charge >= 0.3 is 47.8 Å². The molecular formula is C16H36N6O18. The van der Waals surface area contributed by atoms with E-state index in [0.717, 1.165) is 0 Å². The average Bonchev–Trinajstić information content (AvgIpc) is 2.63. The molecule has 2 atom stereocenters. The Morgan fingerprint density at radius 3 is 0.750 bits per heavy atom. The first-order valence-electron chi connectivity index (χ1n) is 8.55. The predicted octanol–water partition coefficient (Wildman–Crippen LogP) is -2.69. The van der Waals surface area contributed by atoms with E-state index in [4.69, 9.17) is 30.6 Å². The molecule has 2 unspecified atom stereocenters. The molecule has 0 saturated heterocycles. The van der Waals surface area contributed by atoms with Gasteiger partial charge in [0, 0.05) is 0 Å². The molecule has 0 aromatic rings. The van der Waals surface area contributed by atoms with Crippen molar-refractivity contribution < 1.29 is 88.7 Å². The van der Waals surface area contributed by atoms with Crippen molar-refractivity contribution >= 4 is 47.8 Å². The van der Waals surface area contributed by atoms with Gasteiger partial charge < -0.3 is 87.2 Å². The fraction of sp³-hybridized carbons (Fsp3) is 0.500. The number of carboxylic acids is 6. The summed E-state index contributed by atoms with van der Waals surface area (Å²) in [6.07, 6.45) is -12.9. The van der Waals surface area contributed by atoms with Crippen LogP contribution < -0.4 is 36.9 Å². The van der Waals surface area contributed by atoms with E-state index in [2.05, 4.69) is 9.47 Å². The largest absolute Gasteiger partial charge is 0.481 e. The van der Waals surface area contributed by atoms with Crippen LogP contribution in [0.5, 0.6) is 0 Å². The Kier molecular flexibility index (Phi) is 26.5. The summed E-state index contributed by atoms with van der Waals surface area (Å²) in [5.74, 6) is -17.0. The molecule has 0 aliphatic carbocycles. The Bertz CT molecular complexity index is 807. The lowest BCUT2D eigenvalue weighted by atomic mass is 9.94. The molecule has 0 aliphatic heterocycles. The van der Waals surface area contributed by atoms with Crippen LogP contribution in [0.1, 0.15) is 25.7 Å². The first kappa shape index (κ1) is 52.0. The summed E-state index contributed by atoms with van der Waals surface area (Å²) in [5.41, 5.74) is -6.65. The summed E-state index contributed by atoms with van der Waals surface area (Å²) in [6.45, 7) is 0. The van der Waals surface area contributed by atoms with E-state index in [1.807, 2.05) is 0 Å². The Morgan fingerprint density at radius 2 is 0.625 bits per heavy atom. The summed E-state index contributed by atoms with van der Waals surface area (Å²) in [7, 11) is 0. The number of hydrogen-bond donors (Lipinski definition) is 14. The summed E-state index contributed by atoms with van der Waals surface area (Å²) < 4.78 is 8.48. The Hall–Kier alpha value is -4.56. The summed E-state index contributed by atoms with van der Waals surface area (Å²) in [6, 6.07) is 0. The third-order valence-electron chi connectivity index (χ3n) is 3.90. The topological polar surface area (TPSA) is 527 Å². The first-order valence-corrected chi connectivity index (χ1v) is 8.55. The highest BCUT2D eigenvalue weighted by Gasteiger charge is 2.51. The number of carbonyl (C=O) groups excluding carboxylic acids is 2. The molecule has 0 bridgehead atoms. The average molecular weight is 600 g/mol. The molecule has 40 heavy (non-hydrogen) atoms. The monoisotopic (exact) mass is 600 g/mol. The molecule has 238 valence electrons. The molecule has 0 amide bonds. The normalized spacial score (nSPS) is 11.2. The van der Waals surface area contributed by atoms with Gasteiger partial charge in [-0.2, -0.15) is 0 Å². The lowest BCUT2D eigenvalue weighted by molar-refractivity contribution is -0.202. The van der Waals surface area contributed by atoms with Crippen LogP contribution in [0, 0.1) is 0 Å². The number of carboxylic acid groups (broad SMARTS) is 6. The lowest BCUT2D eigenvalue weighted by Crippen LogP contribution is -2.53. The number of hydrogen-bond acceptors (Lipinski definition) is 18. The molecule has 0 fully saturated rings. The fourth-order valence-electron chi connectivity index (χ4n) is 2.40. The Labute approximate surface area is 223 Å². The van der Waals surface area contributed by atoms with Crippen LogP contribution in [-0.2, 0) is 47.8 Å². The lowest BCUT2D eigenvalue weighted by Gasteiger charge is -2.29. The van der Waals surface area contributed by atoms with Crippen LogP contribution in [0.2, 0.25) is 0 Å². The summed E-state index contributed by atoms with van der Waals surface area (Å²) in [5, 5.41) is 73.1. The number of esters is 2. The molecule has 0 aromatic heterocycles. The molecule has 24 nitrogen and oxygen atoms in total. The van der Waals surface area contributed by atoms with E-state index in [0.29, 0.717) is 0 Å². The van der Waals surface area contributed by atoms with Crippen molar-refractivity contribution in [3.05, 3.63) is 0 Å². The zero-order valence-corrected chi connectivity index (χ0v) is 20.9. The minimum Gasteiger partial charge on any atom is -0.481 e. The number of aliphatic hydroxyl groups excluding tert-OH is 2. The zero-order chi connectivity index (χ0) is 27.0. The number of aliphatic carboxylic acids is 6. The van der Waals surface area contributed by atoms with E-state index >= 15 is 0 Å². The van der Waals surface area contributed by atoms with Crippen molar-refractivity contribution in [3.8, 4) is 0 Å². The molecule has 24 heteroatoms. The summed E-state index contributed by atoms with van der Waals surface area (Å²) >= 11 is 0. The van der Waals surface area contributed by atoms with Crippen LogP contribution in [0.25, 0.3) is 0 Å². The van der Waals surface area contributed by atoms with Gasteiger partial charge in [-0.15, -0.1) is 0 Å². The second-order valence-corrected chi connectivity index (χ2v) is 6.61. The highest BCUT2D eigenvalue weighted by atomic mass is 16.6. The molecule has 0 spiro atoms. The quantitative estimate of drug-likeness (QED) is 0.0850. The highest BCUT2D eigenvalue weighted by Crippen LogP contribution is 2.26. The van der Waals surface area contributed by atoms with Gasteiger partial charge in [0.2, 0.25) is 11.2 Å². The van der Waals surface area contributed by atoms with Gasteiger partial charge in [0.1, 0.15) is 0 Å². The third kappa shape index (κ3) is 14.4. The van der Waals surface area contributed by atoms with Crippen molar-refractivity contribution in [2.24, 2.45) is 0 Å². The van der Waals surface area contributed by atoms with Gasteiger partial charge in [-0.25, -0.2) is 19.2 Å². The van der Waals surface area contributed by atoms with Gasteiger partial charge in [0.15, 0.2) is 12.2 Å². The van der Waals surface area contributed by atoms with Crippen LogP contribution in [0.4, 0.5) is 0 Å². The van der Waals surface area contributed by atoms with E-state index in [9.17, 15) is 48.6 Å². The molecule has 0 aromatic carbocycles. The van der Waals surface area contributed by atoms with Crippen LogP contribution in [0.15, 0.2) is 0 Å². The van der Waals surface area contributed by atoms with Crippen LogP contribution >= 0.6 is 0 Å². The highest BCUT2D eigenvalue weighted by molar-refractivity contribution is 5.94. The molecule has 26 N–H and O–H groups in total. The molecule has 0 heterocycles. The van der Waals surface area contributed by atoms with Crippen molar-refractivity contribution in [2.75, 3.05) is 0 Å². The number of ether oxygens (including phenoxy) is 2. The van der Waals surface area contributed by atoms with Crippen molar-refractivity contribution in [3.63, 3.8) is 0 Å².